The lowest BCUT2D eigenvalue weighted by Crippen LogP contribution is -2.34. The third kappa shape index (κ3) is 2.58. The number of rotatable bonds is 3. The first kappa shape index (κ1) is 13.5. The Morgan fingerprint density at radius 3 is 2.89 bits per heavy atom. The SMILES string of the molecule is N#CCc1cn(C2CC(O)C(CO)O2)c(=O)[nH]c1=O. The molecule has 1 fully saturated rings. The summed E-state index contributed by atoms with van der Waals surface area (Å²) in [6.45, 7) is -0.360. The van der Waals surface area contributed by atoms with Crippen LogP contribution in [0.4, 0.5) is 0 Å². The molecule has 102 valence electrons. The van der Waals surface area contributed by atoms with Gasteiger partial charge in [0.05, 0.1) is 25.2 Å². The van der Waals surface area contributed by atoms with E-state index in [0.717, 1.165) is 4.57 Å². The van der Waals surface area contributed by atoms with Crippen LogP contribution in [-0.2, 0) is 11.2 Å². The lowest BCUT2D eigenvalue weighted by Gasteiger charge is -2.14. The van der Waals surface area contributed by atoms with E-state index in [1.807, 2.05) is 6.07 Å². The molecule has 1 aliphatic rings. The first-order valence-electron chi connectivity index (χ1n) is 5.72. The molecule has 1 aliphatic heterocycles. The number of hydrogen-bond donors (Lipinski definition) is 3. The van der Waals surface area contributed by atoms with E-state index in [1.54, 1.807) is 0 Å². The molecule has 0 radical (unpaired) electrons. The second kappa shape index (κ2) is 5.36. The smallest absolute Gasteiger partial charge is 0.330 e. The lowest BCUT2D eigenvalue weighted by atomic mass is 10.2. The van der Waals surface area contributed by atoms with Crippen molar-refractivity contribution in [3.63, 3.8) is 0 Å². The van der Waals surface area contributed by atoms with Gasteiger partial charge in [-0.05, 0) is 0 Å². The highest BCUT2D eigenvalue weighted by molar-refractivity contribution is 5.10. The molecule has 0 bridgehead atoms. The number of ether oxygens (including phenoxy) is 1. The average Bonchev–Trinajstić information content (AvgIpc) is 2.74. The van der Waals surface area contributed by atoms with Crippen molar-refractivity contribution in [1.82, 2.24) is 9.55 Å². The molecule has 3 unspecified atom stereocenters. The summed E-state index contributed by atoms with van der Waals surface area (Å²) in [5.41, 5.74) is -1.14. The van der Waals surface area contributed by atoms with E-state index in [4.69, 9.17) is 15.1 Å². The summed E-state index contributed by atoms with van der Waals surface area (Å²) in [4.78, 5) is 25.2. The van der Waals surface area contributed by atoms with Gasteiger partial charge in [0.2, 0.25) is 0 Å². The number of nitrogens with one attached hydrogen (secondary N) is 1. The van der Waals surface area contributed by atoms with Gasteiger partial charge in [0.15, 0.2) is 0 Å². The first-order valence-corrected chi connectivity index (χ1v) is 5.72. The van der Waals surface area contributed by atoms with E-state index in [0.29, 0.717) is 0 Å². The predicted octanol–water partition coefficient (Wildman–Crippen LogP) is -1.76. The predicted molar refractivity (Wildman–Crippen MR) is 62.3 cm³/mol. The Kier molecular flexibility index (Phi) is 3.80. The van der Waals surface area contributed by atoms with Crippen LogP contribution in [0.2, 0.25) is 0 Å². The van der Waals surface area contributed by atoms with Crippen LogP contribution in [0.25, 0.3) is 0 Å². The van der Waals surface area contributed by atoms with Crippen molar-refractivity contribution in [2.24, 2.45) is 0 Å². The summed E-state index contributed by atoms with van der Waals surface area (Å²) in [5.74, 6) is 0. The topological polar surface area (TPSA) is 128 Å². The zero-order valence-electron chi connectivity index (χ0n) is 9.94. The highest BCUT2D eigenvalue weighted by atomic mass is 16.5. The largest absolute Gasteiger partial charge is 0.394 e. The van der Waals surface area contributed by atoms with Crippen LogP contribution in [0.3, 0.4) is 0 Å². The maximum atomic E-state index is 11.7. The fraction of sp³-hybridized carbons (Fsp3) is 0.545. The van der Waals surface area contributed by atoms with Gasteiger partial charge in [-0.3, -0.25) is 14.3 Å². The second-order valence-electron chi connectivity index (χ2n) is 4.27. The van der Waals surface area contributed by atoms with Gasteiger partial charge in [-0.25, -0.2) is 4.79 Å². The van der Waals surface area contributed by atoms with Crippen molar-refractivity contribution >= 4 is 0 Å². The molecule has 1 aromatic heterocycles. The normalized spacial score (nSPS) is 26.3. The van der Waals surface area contributed by atoms with Crippen LogP contribution in [-0.4, -0.2) is 38.6 Å². The molecule has 1 aromatic rings. The second-order valence-corrected chi connectivity index (χ2v) is 4.27. The third-order valence-corrected chi connectivity index (χ3v) is 3.01. The molecule has 0 aliphatic carbocycles. The minimum atomic E-state index is -0.881. The van der Waals surface area contributed by atoms with E-state index >= 15 is 0 Å². The van der Waals surface area contributed by atoms with Crippen LogP contribution in [0, 0.1) is 11.3 Å². The fourth-order valence-electron chi connectivity index (χ4n) is 2.00. The maximum Gasteiger partial charge on any atom is 0.330 e. The molecular weight excluding hydrogens is 254 g/mol. The third-order valence-electron chi connectivity index (χ3n) is 3.01. The van der Waals surface area contributed by atoms with Crippen LogP contribution in [0.15, 0.2) is 15.8 Å². The zero-order chi connectivity index (χ0) is 14.0. The van der Waals surface area contributed by atoms with Gasteiger partial charge in [-0.1, -0.05) is 0 Å². The quantitative estimate of drug-likeness (QED) is 0.595. The van der Waals surface area contributed by atoms with Gasteiger partial charge in [0.25, 0.3) is 5.56 Å². The van der Waals surface area contributed by atoms with Crippen molar-refractivity contribution < 1.29 is 14.9 Å². The minimum absolute atomic E-state index is 0.128. The number of aliphatic hydroxyl groups is 2. The molecular formula is C11H13N3O5. The number of hydrogen-bond acceptors (Lipinski definition) is 6. The zero-order valence-corrected chi connectivity index (χ0v) is 9.94. The average molecular weight is 267 g/mol. The van der Waals surface area contributed by atoms with Crippen molar-refractivity contribution in [3.05, 3.63) is 32.6 Å². The van der Waals surface area contributed by atoms with Crippen molar-refractivity contribution in [2.75, 3.05) is 6.61 Å². The molecule has 2 rings (SSSR count). The summed E-state index contributed by atoms with van der Waals surface area (Å²) in [6, 6.07) is 1.83. The standard InChI is InChI=1S/C11H13N3O5/c12-2-1-6-4-14(11(18)13-10(6)17)9-3-7(16)8(5-15)19-9/h4,7-9,15-16H,1,3,5H2,(H,13,17,18). The lowest BCUT2D eigenvalue weighted by molar-refractivity contribution is -0.0459. The minimum Gasteiger partial charge on any atom is -0.394 e. The molecule has 0 saturated carbocycles. The Morgan fingerprint density at radius 2 is 2.32 bits per heavy atom. The number of nitrogens with zero attached hydrogens (tertiary/aromatic N) is 2. The molecule has 8 nitrogen and oxygen atoms in total. The maximum absolute atomic E-state index is 11.7. The van der Waals surface area contributed by atoms with E-state index < -0.39 is 29.7 Å². The van der Waals surface area contributed by atoms with Crippen LogP contribution < -0.4 is 11.2 Å². The van der Waals surface area contributed by atoms with E-state index in [-0.39, 0.29) is 25.0 Å². The molecule has 2 heterocycles. The van der Waals surface area contributed by atoms with Crippen LogP contribution >= 0.6 is 0 Å². The number of aromatic nitrogens is 2. The van der Waals surface area contributed by atoms with Crippen LogP contribution in [0.5, 0.6) is 0 Å². The highest BCUT2D eigenvalue weighted by Crippen LogP contribution is 2.27. The molecule has 1 saturated heterocycles. The number of aliphatic hydroxyl groups excluding tert-OH is 2. The highest BCUT2D eigenvalue weighted by Gasteiger charge is 2.35. The first-order chi connectivity index (χ1) is 9.06. The Balaban J connectivity index is 2.36. The molecule has 8 heteroatoms. The molecule has 3 atom stereocenters. The van der Waals surface area contributed by atoms with Crippen molar-refractivity contribution in [1.29, 1.82) is 5.26 Å². The Bertz CT molecular complexity index is 614. The molecule has 3 N–H and O–H groups in total. The van der Waals surface area contributed by atoms with Crippen molar-refractivity contribution in [3.8, 4) is 6.07 Å². The summed E-state index contributed by atoms with van der Waals surface area (Å²) in [6.07, 6.45) is -1.16. The van der Waals surface area contributed by atoms with E-state index in [1.165, 1.54) is 6.20 Å². The molecule has 0 aromatic carbocycles. The molecule has 19 heavy (non-hydrogen) atoms. The van der Waals surface area contributed by atoms with Gasteiger partial charge >= 0.3 is 5.69 Å². The summed E-state index contributed by atoms with van der Waals surface area (Å²) >= 11 is 0. The van der Waals surface area contributed by atoms with E-state index in [2.05, 4.69) is 4.98 Å². The van der Waals surface area contributed by atoms with Gasteiger partial charge < -0.3 is 14.9 Å². The molecule has 0 amide bonds. The van der Waals surface area contributed by atoms with Gasteiger partial charge in [0.1, 0.15) is 12.3 Å². The van der Waals surface area contributed by atoms with E-state index in [9.17, 15) is 14.7 Å². The number of nitriles is 1. The van der Waals surface area contributed by atoms with Gasteiger partial charge in [0, 0.05) is 18.2 Å². The van der Waals surface area contributed by atoms with Gasteiger partial charge in [-0.2, -0.15) is 5.26 Å². The summed E-state index contributed by atoms with van der Waals surface area (Å²) < 4.78 is 6.44. The number of H-pyrrole nitrogens is 1. The fourth-order valence-corrected chi connectivity index (χ4v) is 2.00. The monoisotopic (exact) mass is 267 g/mol. The Hall–Kier alpha value is -1.95. The Labute approximate surface area is 107 Å². The van der Waals surface area contributed by atoms with Gasteiger partial charge in [-0.15, -0.1) is 0 Å². The summed E-state index contributed by atoms with van der Waals surface area (Å²) in [7, 11) is 0. The molecule has 0 spiro atoms. The number of aromatic amines is 1. The van der Waals surface area contributed by atoms with Crippen molar-refractivity contribution in [2.45, 2.75) is 31.3 Å². The Morgan fingerprint density at radius 1 is 1.58 bits per heavy atom. The summed E-state index contributed by atoms with van der Waals surface area (Å²) in [5, 5.41) is 27.2. The van der Waals surface area contributed by atoms with Crippen LogP contribution in [0.1, 0.15) is 18.2 Å².